The summed E-state index contributed by atoms with van der Waals surface area (Å²) in [6.45, 7) is 0.303. The van der Waals surface area contributed by atoms with Crippen LogP contribution in [0.2, 0.25) is 0 Å². The maximum absolute atomic E-state index is 8.32. The van der Waals surface area contributed by atoms with E-state index in [9.17, 15) is 0 Å². The highest BCUT2D eigenvalue weighted by Crippen LogP contribution is 1.89. The number of hydrogen-bond acceptors (Lipinski definition) is 2. The van der Waals surface area contributed by atoms with Crippen LogP contribution in [-0.4, -0.2) is 25.0 Å². The Balaban J connectivity index is 2.72. The largest absolute Gasteiger partial charge is 0.396 e. The van der Waals surface area contributed by atoms with Gasteiger partial charge in [-0.3, -0.25) is 0 Å². The third-order valence-corrected chi connectivity index (χ3v) is 0.924. The molecule has 1 N–H and O–H groups in total. The molecule has 0 aliphatic heterocycles. The first-order valence-electron chi connectivity index (χ1n) is 2.93. The summed E-state index contributed by atoms with van der Waals surface area (Å²) < 4.78 is 0. The second-order valence-corrected chi connectivity index (χ2v) is 1.66. The van der Waals surface area contributed by atoms with Gasteiger partial charge in [0.25, 0.3) is 0 Å². The van der Waals surface area contributed by atoms with E-state index in [0.29, 0.717) is 6.61 Å². The van der Waals surface area contributed by atoms with Crippen LogP contribution >= 0.6 is 0 Å². The molecule has 0 fully saturated rings. The molecule has 2 heteroatoms. The van der Waals surface area contributed by atoms with Crippen LogP contribution in [0.15, 0.2) is 4.99 Å². The molecule has 0 saturated heterocycles. The van der Waals surface area contributed by atoms with Crippen molar-refractivity contribution in [3.8, 4) is 0 Å². The maximum atomic E-state index is 8.32. The van der Waals surface area contributed by atoms with E-state index < -0.39 is 0 Å². The quantitative estimate of drug-likeness (QED) is 0.427. The van der Waals surface area contributed by atoms with Crippen molar-refractivity contribution in [2.45, 2.75) is 19.3 Å². The highest BCUT2D eigenvalue weighted by molar-refractivity contribution is 5.56. The van der Waals surface area contributed by atoms with E-state index in [2.05, 4.69) is 4.99 Å². The summed E-state index contributed by atoms with van der Waals surface area (Å²) in [6, 6.07) is 0. The minimum absolute atomic E-state index is 0.303. The lowest BCUT2D eigenvalue weighted by Crippen LogP contribution is -1.82. The molecule has 0 amide bonds. The number of aliphatic imine (C=N–C) groups is 1. The lowest BCUT2D eigenvalue weighted by molar-refractivity contribution is 0.286. The Bertz CT molecular complexity index is 61.5. The zero-order chi connectivity index (χ0) is 6.24. The van der Waals surface area contributed by atoms with Gasteiger partial charge in [0.15, 0.2) is 0 Å². The van der Waals surface area contributed by atoms with E-state index in [1.54, 1.807) is 7.05 Å². The Morgan fingerprint density at radius 1 is 1.50 bits per heavy atom. The molecule has 0 aromatic rings. The van der Waals surface area contributed by atoms with Gasteiger partial charge in [-0.05, 0) is 25.5 Å². The fourth-order valence-corrected chi connectivity index (χ4v) is 0.477. The molecule has 0 atom stereocenters. The number of unbranched alkanes of at least 4 members (excludes halogenated alkanes) is 2. The van der Waals surface area contributed by atoms with Gasteiger partial charge in [0.1, 0.15) is 0 Å². The second kappa shape index (κ2) is 6.63. The van der Waals surface area contributed by atoms with Crippen LogP contribution in [0.4, 0.5) is 0 Å². The molecular formula is C6H13NO. The van der Waals surface area contributed by atoms with Crippen LogP contribution in [0.1, 0.15) is 19.3 Å². The second-order valence-electron chi connectivity index (χ2n) is 1.66. The molecule has 0 bridgehead atoms. The lowest BCUT2D eigenvalue weighted by atomic mass is 10.3. The Hall–Kier alpha value is -0.370. The van der Waals surface area contributed by atoms with E-state index in [1.165, 1.54) is 0 Å². The number of nitrogens with zero attached hydrogens (tertiary/aromatic N) is 1. The van der Waals surface area contributed by atoms with E-state index in [-0.39, 0.29) is 0 Å². The minimum atomic E-state index is 0.303. The normalized spacial score (nSPS) is 10.8. The summed E-state index contributed by atoms with van der Waals surface area (Å²) in [7, 11) is 1.76. The van der Waals surface area contributed by atoms with Crippen molar-refractivity contribution in [3.05, 3.63) is 0 Å². The van der Waals surface area contributed by atoms with E-state index in [0.717, 1.165) is 19.3 Å². The fourth-order valence-electron chi connectivity index (χ4n) is 0.477. The Morgan fingerprint density at radius 2 is 2.25 bits per heavy atom. The number of aliphatic hydroxyl groups excluding tert-OH is 1. The maximum Gasteiger partial charge on any atom is 0.0431 e. The molecule has 0 aromatic heterocycles. The Labute approximate surface area is 50.3 Å². The average Bonchev–Trinajstić information content (AvgIpc) is 1.81. The van der Waals surface area contributed by atoms with Gasteiger partial charge in [-0.1, -0.05) is 0 Å². The third kappa shape index (κ3) is 5.63. The van der Waals surface area contributed by atoms with Gasteiger partial charge in [0.05, 0.1) is 0 Å². The molecule has 0 heterocycles. The zero-order valence-electron chi connectivity index (χ0n) is 5.30. The summed E-state index contributed by atoms with van der Waals surface area (Å²) >= 11 is 0. The SMILES string of the molecule is CN=CCCCCO. The Kier molecular flexibility index (Phi) is 6.32. The molecule has 0 rings (SSSR count). The first kappa shape index (κ1) is 7.63. The molecule has 0 radical (unpaired) electrons. The van der Waals surface area contributed by atoms with E-state index >= 15 is 0 Å². The van der Waals surface area contributed by atoms with Crippen LogP contribution in [0, 0.1) is 0 Å². The molecule has 0 spiro atoms. The lowest BCUT2D eigenvalue weighted by Gasteiger charge is -1.88. The minimum Gasteiger partial charge on any atom is -0.396 e. The van der Waals surface area contributed by atoms with Crippen molar-refractivity contribution in [1.29, 1.82) is 0 Å². The molecule has 8 heavy (non-hydrogen) atoms. The molecule has 0 unspecified atom stereocenters. The van der Waals surface area contributed by atoms with Crippen LogP contribution in [0.5, 0.6) is 0 Å². The van der Waals surface area contributed by atoms with Gasteiger partial charge >= 0.3 is 0 Å². The van der Waals surface area contributed by atoms with Gasteiger partial charge < -0.3 is 10.1 Å². The first-order chi connectivity index (χ1) is 3.91. The summed E-state index contributed by atoms with van der Waals surface area (Å²) in [5.41, 5.74) is 0. The van der Waals surface area contributed by atoms with Crippen molar-refractivity contribution < 1.29 is 5.11 Å². The molecule has 2 nitrogen and oxygen atoms in total. The van der Waals surface area contributed by atoms with Crippen LogP contribution in [-0.2, 0) is 0 Å². The molecule has 48 valence electrons. The first-order valence-corrected chi connectivity index (χ1v) is 2.93. The summed E-state index contributed by atoms with van der Waals surface area (Å²) in [4.78, 5) is 3.80. The van der Waals surface area contributed by atoms with Crippen molar-refractivity contribution in [1.82, 2.24) is 0 Å². The average molecular weight is 115 g/mol. The van der Waals surface area contributed by atoms with Crippen molar-refractivity contribution in [2.24, 2.45) is 4.99 Å². The molecular weight excluding hydrogens is 102 g/mol. The smallest absolute Gasteiger partial charge is 0.0431 e. The van der Waals surface area contributed by atoms with E-state index in [4.69, 9.17) is 5.11 Å². The van der Waals surface area contributed by atoms with Crippen LogP contribution in [0.25, 0.3) is 0 Å². The van der Waals surface area contributed by atoms with Gasteiger partial charge in [-0.2, -0.15) is 0 Å². The summed E-state index contributed by atoms with van der Waals surface area (Å²) in [6.07, 6.45) is 4.81. The van der Waals surface area contributed by atoms with Gasteiger partial charge in [-0.15, -0.1) is 0 Å². The van der Waals surface area contributed by atoms with Crippen LogP contribution < -0.4 is 0 Å². The fraction of sp³-hybridized carbons (Fsp3) is 0.833. The Morgan fingerprint density at radius 3 is 2.75 bits per heavy atom. The predicted molar refractivity (Wildman–Crippen MR) is 35.4 cm³/mol. The number of rotatable bonds is 4. The number of aliphatic hydroxyl groups is 1. The molecule has 0 aliphatic carbocycles. The van der Waals surface area contributed by atoms with Crippen molar-refractivity contribution in [2.75, 3.05) is 13.7 Å². The van der Waals surface area contributed by atoms with Crippen molar-refractivity contribution >= 4 is 6.21 Å². The molecule has 0 aromatic carbocycles. The van der Waals surface area contributed by atoms with Gasteiger partial charge in [0.2, 0.25) is 0 Å². The highest BCUT2D eigenvalue weighted by atomic mass is 16.2. The highest BCUT2D eigenvalue weighted by Gasteiger charge is 1.80. The van der Waals surface area contributed by atoms with E-state index in [1.807, 2.05) is 6.21 Å². The standard InChI is InChI=1S/C6H13NO/c1-7-5-3-2-4-6-8/h5,8H,2-4,6H2,1H3. The third-order valence-electron chi connectivity index (χ3n) is 0.924. The molecule has 0 saturated carbocycles. The zero-order valence-corrected chi connectivity index (χ0v) is 5.30. The van der Waals surface area contributed by atoms with Crippen molar-refractivity contribution in [3.63, 3.8) is 0 Å². The molecule has 0 aliphatic rings. The van der Waals surface area contributed by atoms with Gasteiger partial charge in [-0.25, -0.2) is 0 Å². The number of hydrogen-bond donors (Lipinski definition) is 1. The predicted octanol–water partition coefficient (Wildman–Crippen LogP) is 0.850. The monoisotopic (exact) mass is 115 g/mol. The van der Waals surface area contributed by atoms with Gasteiger partial charge in [0, 0.05) is 13.7 Å². The summed E-state index contributed by atoms with van der Waals surface area (Å²) in [5.74, 6) is 0. The summed E-state index contributed by atoms with van der Waals surface area (Å²) in [5, 5.41) is 8.32. The topological polar surface area (TPSA) is 32.6 Å². The van der Waals surface area contributed by atoms with Crippen LogP contribution in [0.3, 0.4) is 0 Å².